The fourth-order valence-corrected chi connectivity index (χ4v) is 2.07. The Balaban J connectivity index is 0.00000361. The molecule has 0 aliphatic carbocycles. The van der Waals surface area contributed by atoms with Crippen molar-refractivity contribution < 1.29 is 8.42 Å². The molecule has 6 nitrogen and oxygen atoms in total. The maximum Gasteiger partial charge on any atom is 0.238 e. The lowest BCUT2D eigenvalue weighted by atomic mass is 10.2. The summed E-state index contributed by atoms with van der Waals surface area (Å²) in [6.45, 7) is 3.37. The molecule has 0 saturated carbocycles. The quantitative estimate of drug-likeness (QED) is 0.382. The molecule has 0 fully saturated rings. The van der Waals surface area contributed by atoms with Crippen LogP contribution in [-0.4, -0.2) is 28.0 Å². The van der Waals surface area contributed by atoms with Crippen LogP contribution in [0.3, 0.4) is 0 Å². The van der Waals surface area contributed by atoms with Crippen molar-refractivity contribution in [1.82, 2.24) is 10.6 Å². The molecule has 0 unspecified atom stereocenters. The van der Waals surface area contributed by atoms with Crippen LogP contribution in [0.1, 0.15) is 18.9 Å². The van der Waals surface area contributed by atoms with Crippen LogP contribution >= 0.6 is 24.0 Å². The molecule has 114 valence electrons. The van der Waals surface area contributed by atoms with Gasteiger partial charge in [0, 0.05) is 20.1 Å². The molecule has 0 bridgehead atoms. The van der Waals surface area contributed by atoms with Crippen molar-refractivity contribution in [1.29, 1.82) is 0 Å². The van der Waals surface area contributed by atoms with Gasteiger partial charge in [0.15, 0.2) is 5.96 Å². The predicted octanol–water partition coefficient (Wildman–Crippen LogP) is 1.03. The van der Waals surface area contributed by atoms with Gasteiger partial charge in [-0.15, -0.1) is 24.0 Å². The Morgan fingerprint density at radius 3 is 2.60 bits per heavy atom. The van der Waals surface area contributed by atoms with Crippen molar-refractivity contribution in [3.05, 3.63) is 29.8 Å². The number of guanidine groups is 1. The van der Waals surface area contributed by atoms with Crippen molar-refractivity contribution in [3.63, 3.8) is 0 Å². The number of aliphatic imine (C=N–C) groups is 1. The molecule has 0 aliphatic rings. The number of halogens is 1. The van der Waals surface area contributed by atoms with Gasteiger partial charge in [-0.3, -0.25) is 4.99 Å². The highest BCUT2D eigenvalue weighted by molar-refractivity contribution is 14.0. The average Bonchev–Trinajstić information content (AvgIpc) is 2.38. The molecule has 20 heavy (non-hydrogen) atoms. The van der Waals surface area contributed by atoms with E-state index < -0.39 is 10.0 Å². The maximum atomic E-state index is 11.2. The van der Waals surface area contributed by atoms with Gasteiger partial charge in [-0.1, -0.05) is 19.1 Å². The van der Waals surface area contributed by atoms with Crippen LogP contribution < -0.4 is 15.8 Å². The summed E-state index contributed by atoms with van der Waals surface area (Å²) in [5.41, 5.74) is 0.825. The second-order valence-corrected chi connectivity index (χ2v) is 5.61. The van der Waals surface area contributed by atoms with Gasteiger partial charge in [0.25, 0.3) is 0 Å². The highest BCUT2D eigenvalue weighted by Crippen LogP contribution is 2.09. The zero-order chi connectivity index (χ0) is 14.3. The molecular weight excluding hydrogens is 391 g/mol. The number of primary sulfonamides is 1. The molecule has 0 atom stereocenters. The van der Waals surface area contributed by atoms with Crippen molar-refractivity contribution in [3.8, 4) is 0 Å². The number of rotatable bonds is 5. The molecular formula is C12H21IN4O2S. The van der Waals surface area contributed by atoms with E-state index in [2.05, 4.69) is 22.5 Å². The van der Waals surface area contributed by atoms with Crippen LogP contribution in [0.5, 0.6) is 0 Å². The SMILES string of the molecule is CCCNC(=NC)NCc1cccc(S(N)(=O)=O)c1.I. The van der Waals surface area contributed by atoms with Gasteiger partial charge in [-0.05, 0) is 24.1 Å². The molecule has 1 aromatic carbocycles. The monoisotopic (exact) mass is 412 g/mol. The lowest BCUT2D eigenvalue weighted by Gasteiger charge is -2.11. The Morgan fingerprint density at radius 2 is 2.05 bits per heavy atom. The van der Waals surface area contributed by atoms with E-state index >= 15 is 0 Å². The van der Waals surface area contributed by atoms with Gasteiger partial charge in [0.05, 0.1) is 4.90 Å². The molecule has 0 radical (unpaired) electrons. The van der Waals surface area contributed by atoms with Crippen LogP contribution in [0.15, 0.2) is 34.2 Å². The van der Waals surface area contributed by atoms with Gasteiger partial charge in [0.2, 0.25) is 10.0 Å². The van der Waals surface area contributed by atoms with E-state index in [1.54, 1.807) is 19.2 Å². The summed E-state index contributed by atoms with van der Waals surface area (Å²) in [6, 6.07) is 6.52. The first-order valence-corrected chi connectivity index (χ1v) is 7.58. The van der Waals surface area contributed by atoms with Gasteiger partial charge in [0.1, 0.15) is 0 Å². The molecule has 1 aromatic rings. The van der Waals surface area contributed by atoms with Crippen molar-refractivity contribution in [2.24, 2.45) is 10.1 Å². The largest absolute Gasteiger partial charge is 0.356 e. The summed E-state index contributed by atoms with van der Waals surface area (Å²) in [7, 11) is -1.97. The van der Waals surface area contributed by atoms with E-state index in [1.165, 1.54) is 6.07 Å². The molecule has 0 saturated heterocycles. The molecule has 0 amide bonds. The third-order valence-electron chi connectivity index (χ3n) is 2.45. The van der Waals surface area contributed by atoms with E-state index in [0.29, 0.717) is 12.5 Å². The van der Waals surface area contributed by atoms with Crippen molar-refractivity contribution in [2.75, 3.05) is 13.6 Å². The fourth-order valence-electron chi connectivity index (χ4n) is 1.48. The van der Waals surface area contributed by atoms with Crippen molar-refractivity contribution in [2.45, 2.75) is 24.8 Å². The first-order valence-electron chi connectivity index (χ1n) is 6.03. The Hall–Kier alpha value is -0.870. The summed E-state index contributed by atoms with van der Waals surface area (Å²) < 4.78 is 22.5. The lowest BCUT2D eigenvalue weighted by Crippen LogP contribution is -2.37. The molecule has 0 aliphatic heterocycles. The number of hydrogen-bond donors (Lipinski definition) is 3. The molecule has 8 heteroatoms. The second kappa shape index (κ2) is 9.14. The van der Waals surface area contributed by atoms with Gasteiger partial charge >= 0.3 is 0 Å². The molecule has 0 spiro atoms. The van der Waals surface area contributed by atoms with Crippen LogP contribution in [0.2, 0.25) is 0 Å². The standard InChI is InChI=1S/C12H20N4O2S.HI/c1-3-7-15-12(14-2)16-9-10-5-4-6-11(8-10)19(13,17)18;/h4-6,8H,3,7,9H2,1-2H3,(H2,13,17,18)(H2,14,15,16);1H. The predicted molar refractivity (Wildman–Crippen MR) is 91.7 cm³/mol. The first kappa shape index (κ1) is 19.1. The highest BCUT2D eigenvalue weighted by atomic mass is 127. The van der Waals surface area contributed by atoms with E-state index in [1.807, 2.05) is 6.07 Å². The number of nitrogens with two attached hydrogens (primary N) is 1. The highest BCUT2D eigenvalue weighted by Gasteiger charge is 2.07. The molecule has 0 aromatic heterocycles. The Morgan fingerprint density at radius 1 is 1.35 bits per heavy atom. The van der Waals surface area contributed by atoms with Gasteiger partial charge in [-0.2, -0.15) is 0 Å². The topological polar surface area (TPSA) is 96.6 Å². The summed E-state index contributed by atoms with van der Waals surface area (Å²) in [4.78, 5) is 4.18. The van der Waals surface area contributed by atoms with Crippen LogP contribution in [0, 0.1) is 0 Å². The second-order valence-electron chi connectivity index (χ2n) is 4.04. The minimum absolute atomic E-state index is 0. The number of sulfonamides is 1. The van der Waals surface area contributed by atoms with Crippen LogP contribution in [0.25, 0.3) is 0 Å². The van der Waals surface area contributed by atoms with E-state index in [9.17, 15) is 8.42 Å². The Labute approximate surface area is 137 Å². The average molecular weight is 412 g/mol. The summed E-state index contributed by atoms with van der Waals surface area (Å²) in [5.74, 6) is 0.683. The molecule has 0 heterocycles. The third kappa shape index (κ3) is 6.53. The van der Waals surface area contributed by atoms with E-state index in [4.69, 9.17) is 5.14 Å². The van der Waals surface area contributed by atoms with Gasteiger partial charge < -0.3 is 10.6 Å². The lowest BCUT2D eigenvalue weighted by molar-refractivity contribution is 0.597. The zero-order valence-corrected chi connectivity index (χ0v) is 14.7. The maximum absolute atomic E-state index is 11.2. The normalized spacial score (nSPS) is 11.7. The van der Waals surface area contributed by atoms with Gasteiger partial charge in [-0.25, -0.2) is 13.6 Å². The van der Waals surface area contributed by atoms with Crippen LogP contribution in [0.4, 0.5) is 0 Å². The Kier molecular flexibility index (Phi) is 8.74. The van der Waals surface area contributed by atoms with Crippen molar-refractivity contribution >= 4 is 40.0 Å². The summed E-state index contributed by atoms with van der Waals surface area (Å²) >= 11 is 0. The molecule has 1 rings (SSSR count). The number of benzene rings is 1. The fraction of sp³-hybridized carbons (Fsp3) is 0.417. The molecule has 4 N–H and O–H groups in total. The summed E-state index contributed by atoms with van der Waals surface area (Å²) in [5, 5.41) is 11.3. The van der Waals surface area contributed by atoms with E-state index in [-0.39, 0.29) is 28.9 Å². The minimum Gasteiger partial charge on any atom is -0.356 e. The van der Waals surface area contributed by atoms with Crippen LogP contribution in [-0.2, 0) is 16.6 Å². The number of nitrogens with zero attached hydrogens (tertiary/aromatic N) is 1. The number of nitrogens with one attached hydrogen (secondary N) is 2. The first-order chi connectivity index (χ1) is 8.97. The van der Waals surface area contributed by atoms with E-state index in [0.717, 1.165) is 18.5 Å². The number of hydrogen-bond acceptors (Lipinski definition) is 3. The zero-order valence-electron chi connectivity index (χ0n) is 11.6. The Bertz CT molecular complexity index is 546. The minimum atomic E-state index is -3.66. The third-order valence-corrected chi connectivity index (χ3v) is 3.36. The smallest absolute Gasteiger partial charge is 0.238 e. The summed E-state index contributed by atoms with van der Waals surface area (Å²) in [6.07, 6.45) is 1.00.